The Kier molecular flexibility index (Phi) is 5.58. The van der Waals surface area contributed by atoms with E-state index in [-0.39, 0.29) is 21.8 Å². The van der Waals surface area contributed by atoms with E-state index < -0.39 is 33.7 Å². The van der Waals surface area contributed by atoms with Crippen LogP contribution in [0.2, 0.25) is 0 Å². The predicted octanol–water partition coefficient (Wildman–Crippen LogP) is 2.37. The first-order chi connectivity index (χ1) is 15.7. The summed E-state index contributed by atoms with van der Waals surface area (Å²) in [5, 5.41) is 10.1. The molecule has 1 unspecified atom stereocenters. The summed E-state index contributed by atoms with van der Waals surface area (Å²) in [6.07, 6.45) is 1.67. The number of pyridine rings is 1. The molecule has 1 saturated heterocycles. The third-order valence-corrected chi connectivity index (χ3v) is 8.42. The maximum absolute atomic E-state index is 13.3. The first-order valence-electron chi connectivity index (χ1n) is 10.4. The topological polar surface area (TPSA) is 105 Å². The van der Waals surface area contributed by atoms with Crippen molar-refractivity contribution in [1.82, 2.24) is 29.6 Å². The van der Waals surface area contributed by atoms with E-state index in [0.717, 1.165) is 12.8 Å². The van der Waals surface area contributed by atoms with Crippen LogP contribution in [-0.2, 0) is 10.0 Å². The third kappa shape index (κ3) is 4.32. The van der Waals surface area contributed by atoms with Crippen molar-refractivity contribution in [3.05, 3.63) is 23.5 Å². The van der Waals surface area contributed by atoms with Crippen molar-refractivity contribution in [2.45, 2.75) is 42.7 Å². The number of imidazole rings is 1. The number of hydrogen-bond donors (Lipinski definition) is 2. The van der Waals surface area contributed by atoms with Gasteiger partial charge in [-0.05, 0) is 25.8 Å². The van der Waals surface area contributed by atoms with Crippen molar-refractivity contribution >= 4 is 32.6 Å². The molecule has 0 radical (unpaired) electrons. The number of anilines is 1. The molecule has 33 heavy (non-hydrogen) atoms. The van der Waals surface area contributed by atoms with Crippen molar-refractivity contribution in [2.75, 3.05) is 31.2 Å². The molecule has 1 aliphatic carbocycles. The summed E-state index contributed by atoms with van der Waals surface area (Å²) in [5.74, 6) is 0.211. The number of hydrogen-bond acceptors (Lipinski definition) is 8. The maximum atomic E-state index is 13.3. The minimum atomic E-state index is -3.88. The lowest BCUT2D eigenvalue weighted by molar-refractivity contribution is 0.150. The molecule has 1 atom stereocenters. The summed E-state index contributed by atoms with van der Waals surface area (Å²) in [4.78, 5) is 6.25. The lowest BCUT2D eigenvalue weighted by atomic mass is 10.2. The van der Waals surface area contributed by atoms with Crippen LogP contribution < -0.4 is 14.9 Å². The Morgan fingerprint density at radius 3 is 2.82 bits per heavy atom. The molecule has 1 aliphatic heterocycles. The number of nitrogens with one attached hydrogen (secondary N) is 2. The van der Waals surface area contributed by atoms with E-state index in [4.69, 9.17) is 0 Å². The molecule has 9 nitrogen and oxygen atoms in total. The fourth-order valence-corrected chi connectivity index (χ4v) is 6.02. The third-order valence-electron chi connectivity index (χ3n) is 5.89. The highest BCUT2D eigenvalue weighted by Crippen LogP contribution is 2.37. The zero-order valence-corrected chi connectivity index (χ0v) is 19.3. The molecule has 2 N–H and O–H groups in total. The Morgan fingerprint density at radius 1 is 1.36 bits per heavy atom. The van der Waals surface area contributed by atoms with E-state index >= 15 is 0 Å². The van der Waals surface area contributed by atoms with Crippen LogP contribution in [0.15, 0.2) is 23.4 Å². The van der Waals surface area contributed by atoms with E-state index in [1.54, 1.807) is 6.07 Å². The van der Waals surface area contributed by atoms with Gasteiger partial charge in [-0.1, -0.05) is 11.3 Å². The monoisotopic (exact) mass is 501 g/mol. The van der Waals surface area contributed by atoms with Crippen LogP contribution in [0.3, 0.4) is 0 Å². The Bertz CT molecular complexity index is 1290. The van der Waals surface area contributed by atoms with Crippen LogP contribution in [0.4, 0.5) is 18.9 Å². The average Bonchev–Trinajstić information content (AvgIpc) is 3.19. The van der Waals surface area contributed by atoms with Crippen molar-refractivity contribution < 1.29 is 21.6 Å². The van der Waals surface area contributed by atoms with Gasteiger partial charge in [0.25, 0.3) is 6.43 Å². The SMILES string of the molecule is CC1(NS(=O)(=O)c2cc(N3CCNC(CF)C3)c3cnc(-c4nnc(C(F)F)s4)n3c2)CC1. The zero-order chi connectivity index (χ0) is 23.4. The first kappa shape index (κ1) is 22.5. The van der Waals surface area contributed by atoms with Gasteiger partial charge >= 0.3 is 0 Å². The number of alkyl halides is 3. The number of sulfonamides is 1. The standard InChI is InChI=1S/C19H22F3N7O2S2/c1-19(2-3-19)27-33(30,31)12-6-13(28-5-4-23-11(7-20)9-28)14-8-24-16(29(14)10-12)18-26-25-17(32-18)15(21)22/h6,8,10-11,15,23,27H,2-5,7,9H2,1H3. The lowest BCUT2D eigenvalue weighted by Gasteiger charge is -2.34. The van der Waals surface area contributed by atoms with E-state index in [0.29, 0.717) is 42.2 Å². The van der Waals surface area contributed by atoms with Gasteiger partial charge in [0.15, 0.2) is 15.8 Å². The summed E-state index contributed by atoms with van der Waals surface area (Å²) in [6.45, 7) is 2.69. The van der Waals surface area contributed by atoms with Crippen molar-refractivity contribution in [2.24, 2.45) is 0 Å². The van der Waals surface area contributed by atoms with Crippen molar-refractivity contribution in [3.8, 4) is 10.8 Å². The Balaban J connectivity index is 1.65. The highest BCUT2D eigenvalue weighted by molar-refractivity contribution is 7.89. The minimum absolute atomic E-state index is 0.00584. The fraction of sp³-hybridized carbons (Fsp3) is 0.526. The van der Waals surface area contributed by atoms with Crippen molar-refractivity contribution in [3.63, 3.8) is 0 Å². The van der Waals surface area contributed by atoms with Crippen molar-refractivity contribution in [1.29, 1.82) is 0 Å². The predicted molar refractivity (Wildman–Crippen MR) is 117 cm³/mol. The Morgan fingerprint density at radius 2 is 2.15 bits per heavy atom. The molecule has 178 valence electrons. The molecule has 5 rings (SSSR count). The molecule has 0 aromatic carbocycles. The number of aromatic nitrogens is 4. The number of fused-ring (bicyclic) bond motifs is 1. The molecule has 2 aliphatic rings. The summed E-state index contributed by atoms with van der Waals surface area (Å²) >= 11 is 0.699. The van der Waals surface area contributed by atoms with Gasteiger partial charge in [-0.25, -0.2) is 31.3 Å². The fourth-order valence-electron chi connectivity index (χ4n) is 3.85. The van der Waals surface area contributed by atoms with Gasteiger partial charge in [0.1, 0.15) is 11.6 Å². The Hall–Kier alpha value is -2.29. The van der Waals surface area contributed by atoms with Crippen LogP contribution in [-0.4, -0.2) is 65.9 Å². The second-order valence-corrected chi connectivity index (χ2v) is 11.3. The molecule has 2 fully saturated rings. The van der Waals surface area contributed by atoms with E-state index in [9.17, 15) is 21.6 Å². The number of piperazine rings is 1. The molecule has 4 heterocycles. The Labute approximate surface area is 192 Å². The molecular formula is C19H22F3N7O2S2. The van der Waals surface area contributed by atoms with Gasteiger partial charge in [0.2, 0.25) is 10.0 Å². The number of rotatable bonds is 7. The highest BCUT2D eigenvalue weighted by Gasteiger charge is 2.41. The zero-order valence-electron chi connectivity index (χ0n) is 17.6. The maximum Gasteiger partial charge on any atom is 0.291 e. The van der Waals surface area contributed by atoms with Gasteiger partial charge in [0.05, 0.1) is 23.4 Å². The average molecular weight is 502 g/mol. The van der Waals surface area contributed by atoms with Crippen LogP contribution >= 0.6 is 11.3 Å². The lowest BCUT2D eigenvalue weighted by Crippen LogP contribution is -2.51. The molecule has 3 aromatic rings. The summed E-state index contributed by atoms with van der Waals surface area (Å²) < 4.78 is 70.1. The molecular weight excluding hydrogens is 479 g/mol. The van der Waals surface area contributed by atoms with Gasteiger partial charge < -0.3 is 10.2 Å². The number of nitrogens with zero attached hydrogens (tertiary/aromatic N) is 5. The minimum Gasteiger partial charge on any atom is -0.367 e. The van der Waals surface area contributed by atoms with Gasteiger partial charge in [-0.3, -0.25) is 4.40 Å². The summed E-state index contributed by atoms with van der Waals surface area (Å²) in [7, 11) is -3.88. The van der Waals surface area contributed by atoms with E-state index in [2.05, 4.69) is 25.2 Å². The van der Waals surface area contributed by atoms with Gasteiger partial charge in [0, 0.05) is 31.4 Å². The normalized spacial score (nSPS) is 20.6. The summed E-state index contributed by atoms with van der Waals surface area (Å²) in [5.41, 5.74) is 0.650. The molecule has 14 heteroatoms. The summed E-state index contributed by atoms with van der Waals surface area (Å²) in [6, 6.07) is 1.17. The molecule has 0 spiro atoms. The molecule has 3 aromatic heterocycles. The van der Waals surface area contributed by atoms with Crippen LogP contribution in [0.5, 0.6) is 0 Å². The smallest absolute Gasteiger partial charge is 0.291 e. The number of halogens is 3. The second kappa shape index (κ2) is 8.18. The largest absolute Gasteiger partial charge is 0.367 e. The van der Waals surface area contributed by atoms with Crippen LogP contribution in [0.25, 0.3) is 16.3 Å². The van der Waals surface area contributed by atoms with Gasteiger partial charge in [-0.2, -0.15) is 0 Å². The van der Waals surface area contributed by atoms with E-state index in [1.807, 2.05) is 11.8 Å². The highest BCUT2D eigenvalue weighted by atomic mass is 32.2. The molecule has 0 bridgehead atoms. The van der Waals surface area contributed by atoms with Crippen LogP contribution in [0, 0.1) is 0 Å². The van der Waals surface area contributed by atoms with Crippen LogP contribution in [0.1, 0.15) is 31.2 Å². The quantitative estimate of drug-likeness (QED) is 0.512. The van der Waals surface area contributed by atoms with Gasteiger partial charge in [-0.15, -0.1) is 10.2 Å². The second-order valence-electron chi connectivity index (χ2n) is 8.56. The first-order valence-corrected chi connectivity index (χ1v) is 12.7. The molecule has 0 amide bonds. The van der Waals surface area contributed by atoms with E-state index in [1.165, 1.54) is 16.8 Å². The molecule has 1 saturated carbocycles.